The lowest BCUT2D eigenvalue weighted by Gasteiger charge is -2.40. The van der Waals surface area contributed by atoms with Crippen molar-refractivity contribution in [2.75, 3.05) is 23.7 Å². The first-order valence-corrected chi connectivity index (χ1v) is 7.64. The van der Waals surface area contributed by atoms with E-state index in [0.717, 1.165) is 30.4 Å². The minimum absolute atomic E-state index is 0.195. The van der Waals surface area contributed by atoms with E-state index in [-0.39, 0.29) is 6.10 Å². The van der Waals surface area contributed by atoms with Crippen LogP contribution in [0.25, 0.3) is 0 Å². The molecule has 3 rings (SSSR count). The molecule has 22 heavy (non-hydrogen) atoms. The van der Waals surface area contributed by atoms with Crippen LogP contribution in [0.3, 0.4) is 0 Å². The second kappa shape index (κ2) is 5.83. The van der Waals surface area contributed by atoms with Crippen LogP contribution in [0.4, 0.5) is 11.8 Å². The third-order valence-electron chi connectivity index (χ3n) is 3.81. The van der Waals surface area contributed by atoms with Crippen LogP contribution in [0.2, 0.25) is 0 Å². The van der Waals surface area contributed by atoms with Gasteiger partial charge >= 0.3 is 0 Å². The van der Waals surface area contributed by atoms with Crippen LogP contribution in [0, 0.1) is 6.92 Å². The fourth-order valence-corrected chi connectivity index (χ4v) is 2.51. The van der Waals surface area contributed by atoms with Gasteiger partial charge in [-0.1, -0.05) is 26.0 Å². The molecule has 2 N–H and O–H groups in total. The summed E-state index contributed by atoms with van der Waals surface area (Å²) in [6.07, 6.45) is 0.195. The maximum atomic E-state index is 5.97. The highest BCUT2D eigenvalue weighted by atomic mass is 16.5. The summed E-state index contributed by atoms with van der Waals surface area (Å²) in [5.74, 6) is 2.49. The molecule has 116 valence electrons. The molecule has 0 atom stereocenters. The Hall–Kier alpha value is -2.30. The van der Waals surface area contributed by atoms with Gasteiger partial charge in [0.2, 0.25) is 5.95 Å². The van der Waals surface area contributed by atoms with Crippen LogP contribution in [-0.2, 0) is 0 Å². The zero-order valence-electron chi connectivity index (χ0n) is 13.3. The van der Waals surface area contributed by atoms with Gasteiger partial charge in [0.15, 0.2) is 0 Å². The van der Waals surface area contributed by atoms with Crippen molar-refractivity contribution in [2.45, 2.75) is 32.8 Å². The number of aryl methyl sites for hydroxylation is 1. The molecule has 0 spiro atoms. The summed E-state index contributed by atoms with van der Waals surface area (Å²) in [6.45, 7) is 7.91. The molecule has 0 bridgehead atoms. The largest absolute Gasteiger partial charge is 0.487 e. The van der Waals surface area contributed by atoms with Crippen molar-refractivity contribution >= 4 is 11.8 Å². The zero-order chi connectivity index (χ0) is 15.7. The molecular weight excluding hydrogens is 276 g/mol. The van der Waals surface area contributed by atoms with E-state index in [1.54, 1.807) is 0 Å². The monoisotopic (exact) mass is 298 g/mol. The Morgan fingerprint density at radius 1 is 1.23 bits per heavy atom. The number of anilines is 2. The lowest BCUT2D eigenvalue weighted by Crippen LogP contribution is -2.54. The first-order chi connectivity index (χ1) is 10.5. The van der Waals surface area contributed by atoms with Crippen molar-refractivity contribution in [2.24, 2.45) is 0 Å². The lowest BCUT2D eigenvalue weighted by atomic mass is 10.1. The lowest BCUT2D eigenvalue weighted by molar-refractivity contribution is 0.167. The Bertz CT molecular complexity index is 665. The highest BCUT2D eigenvalue weighted by Gasteiger charge is 2.30. The van der Waals surface area contributed by atoms with Crippen LogP contribution in [-0.4, -0.2) is 29.2 Å². The maximum Gasteiger partial charge on any atom is 0.222 e. The Balaban J connectivity index is 1.63. The molecule has 2 aromatic rings. The van der Waals surface area contributed by atoms with E-state index in [4.69, 9.17) is 10.5 Å². The number of hydrogen-bond acceptors (Lipinski definition) is 5. The van der Waals surface area contributed by atoms with Gasteiger partial charge in [0.1, 0.15) is 17.7 Å². The van der Waals surface area contributed by atoms with Gasteiger partial charge < -0.3 is 15.4 Å². The number of rotatable bonds is 4. The average molecular weight is 298 g/mol. The van der Waals surface area contributed by atoms with Crippen molar-refractivity contribution in [1.82, 2.24) is 9.97 Å². The fraction of sp³-hybridized carbons (Fsp3) is 0.412. The molecule has 0 saturated carbocycles. The summed E-state index contributed by atoms with van der Waals surface area (Å²) < 4.78 is 5.97. The molecule has 2 heterocycles. The average Bonchev–Trinajstić information content (AvgIpc) is 2.41. The van der Waals surface area contributed by atoms with E-state index in [1.165, 1.54) is 5.56 Å². The fourth-order valence-electron chi connectivity index (χ4n) is 2.51. The van der Waals surface area contributed by atoms with Gasteiger partial charge in [0.25, 0.3) is 0 Å². The van der Waals surface area contributed by atoms with Crippen LogP contribution in [0.1, 0.15) is 31.0 Å². The quantitative estimate of drug-likeness (QED) is 0.940. The van der Waals surface area contributed by atoms with Crippen molar-refractivity contribution in [3.05, 3.63) is 41.6 Å². The number of ether oxygens (including phenoxy) is 1. The molecule has 0 unspecified atom stereocenters. The Morgan fingerprint density at radius 2 is 2.00 bits per heavy atom. The highest BCUT2D eigenvalue weighted by Crippen LogP contribution is 2.25. The molecule has 5 nitrogen and oxygen atoms in total. The predicted octanol–water partition coefficient (Wildman–Crippen LogP) is 2.76. The maximum absolute atomic E-state index is 5.97. The molecule has 5 heteroatoms. The van der Waals surface area contributed by atoms with Gasteiger partial charge in [-0.3, -0.25) is 0 Å². The summed E-state index contributed by atoms with van der Waals surface area (Å²) in [5.41, 5.74) is 7.99. The third-order valence-corrected chi connectivity index (χ3v) is 3.81. The molecule has 1 aromatic carbocycles. The van der Waals surface area contributed by atoms with Crippen molar-refractivity contribution < 1.29 is 4.74 Å². The Labute approximate surface area is 131 Å². The normalized spacial score (nSPS) is 15.0. The predicted molar refractivity (Wildman–Crippen MR) is 88.3 cm³/mol. The summed E-state index contributed by atoms with van der Waals surface area (Å²) in [5, 5.41) is 0. The van der Waals surface area contributed by atoms with Gasteiger partial charge in [-0.05, 0) is 30.5 Å². The third kappa shape index (κ3) is 3.13. The second-order valence-corrected chi connectivity index (χ2v) is 6.13. The van der Waals surface area contributed by atoms with Gasteiger partial charge in [0, 0.05) is 6.07 Å². The van der Waals surface area contributed by atoms with E-state index in [0.29, 0.717) is 11.9 Å². The van der Waals surface area contributed by atoms with E-state index < -0.39 is 0 Å². The summed E-state index contributed by atoms with van der Waals surface area (Å²) in [6, 6.07) is 10.2. The standard InChI is InChI=1S/C17H22N4O/c1-11(2)15-8-16(20-17(18)19-15)21-9-14(10-21)22-13-6-4-5-12(3)7-13/h4-8,11,14H,9-10H2,1-3H3,(H2,18,19,20). The number of hydrogen-bond donors (Lipinski definition) is 1. The molecule has 0 radical (unpaired) electrons. The van der Waals surface area contributed by atoms with E-state index >= 15 is 0 Å². The molecule has 1 fully saturated rings. The van der Waals surface area contributed by atoms with Crippen molar-refractivity contribution in [3.63, 3.8) is 0 Å². The van der Waals surface area contributed by atoms with E-state index in [2.05, 4.69) is 47.8 Å². The summed E-state index contributed by atoms with van der Waals surface area (Å²) >= 11 is 0. The molecular formula is C17H22N4O. The van der Waals surface area contributed by atoms with Gasteiger partial charge in [-0.2, -0.15) is 4.98 Å². The minimum Gasteiger partial charge on any atom is -0.487 e. The zero-order valence-corrected chi connectivity index (χ0v) is 13.3. The highest BCUT2D eigenvalue weighted by molar-refractivity contribution is 5.47. The van der Waals surface area contributed by atoms with Crippen LogP contribution < -0.4 is 15.4 Å². The number of benzene rings is 1. The molecule has 1 aliphatic rings. The first-order valence-electron chi connectivity index (χ1n) is 7.64. The molecule has 1 aromatic heterocycles. The van der Waals surface area contributed by atoms with Crippen LogP contribution in [0.5, 0.6) is 5.75 Å². The number of nitrogens with zero attached hydrogens (tertiary/aromatic N) is 3. The SMILES string of the molecule is Cc1cccc(OC2CN(c3cc(C(C)C)nc(N)n3)C2)c1. The molecule has 1 aliphatic heterocycles. The number of nitrogens with two attached hydrogens (primary N) is 1. The summed E-state index contributed by atoms with van der Waals surface area (Å²) in [4.78, 5) is 10.8. The first kappa shape index (κ1) is 14.6. The smallest absolute Gasteiger partial charge is 0.222 e. The van der Waals surface area contributed by atoms with Crippen LogP contribution >= 0.6 is 0 Å². The van der Waals surface area contributed by atoms with Crippen molar-refractivity contribution in [3.8, 4) is 5.75 Å². The van der Waals surface area contributed by atoms with Gasteiger partial charge in [0.05, 0.1) is 18.8 Å². The summed E-state index contributed by atoms with van der Waals surface area (Å²) in [7, 11) is 0. The van der Waals surface area contributed by atoms with E-state index in [1.807, 2.05) is 18.2 Å². The Morgan fingerprint density at radius 3 is 2.68 bits per heavy atom. The van der Waals surface area contributed by atoms with Crippen molar-refractivity contribution in [1.29, 1.82) is 0 Å². The molecule has 1 saturated heterocycles. The Kier molecular flexibility index (Phi) is 3.88. The van der Waals surface area contributed by atoms with Crippen LogP contribution in [0.15, 0.2) is 30.3 Å². The topological polar surface area (TPSA) is 64.3 Å². The second-order valence-electron chi connectivity index (χ2n) is 6.13. The van der Waals surface area contributed by atoms with Gasteiger partial charge in [-0.15, -0.1) is 0 Å². The van der Waals surface area contributed by atoms with Gasteiger partial charge in [-0.25, -0.2) is 4.98 Å². The number of nitrogen functional groups attached to an aromatic ring is 1. The molecule has 0 amide bonds. The number of aromatic nitrogens is 2. The minimum atomic E-state index is 0.195. The molecule has 0 aliphatic carbocycles. The van der Waals surface area contributed by atoms with E-state index in [9.17, 15) is 0 Å².